The van der Waals surface area contributed by atoms with Gasteiger partial charge in [-0.15, -0.1) is 0 Å². The molecule has 0 amide bonds. The smallest absolute Gasteiger partial charge is 0.309 e. The summed E-state index contributed by atoms with van der Waals surface area (Å²) in [7, 11) is 0. The lowest BCUT2D eigenvalue weighted by Crippen LogP contribution is -2.52. The molecule has 3 atom stereocenters. The van der Waals surface area contributed by atoms with Crippen molar-refractivity contribution in [1.29, 1.82) is 0 Å². The zero-order valence-electron chi connectivity index (χ0n) is 14.3. The monoisotopic (exact) mass is 300 g/mol. The van der Waals surface area contributed by atoms with Crippen molar-refractivity contribution in [3.63, 3.8) is 0 Å². The van der Waals surface area contributed by atoms with Crippen LogP contribution in [0, 0.1) is 11.3 Å². The first-order valence-corrected chi connectivity index (χ1v) is 8.66. The Morgan fingerprint density at radius 3 is 2.64 bits per heavy atom. The summed E-state index contributed by atoms with van der Waals surface area (Å²) < 4.78 is 0. The van der Waals surface area contributed by atoms with Crippen LogP contribution in [-0.4, -0.2) is 11.1 Å². The molecule has 2 heteroatoms. The van der Waals surface area contributed by atoms with Crippen molar-refractivity contribution in [2.45, 2.75) is 71.1 Å². The van der Waals surface area contributed by atoms with E-state index in [9.17, 15) is 9.90 Å². The number of fused-ring (bicyclic) bond motifs is 3. The largest absolute Gasteiger partial charge is 0.481 e. The van der Waals surface area contributed by atoms with Crippen LogP contribution in [0.2, 0.25) is 0 Å². The minimum Gasteiger partial charge on any atom is -0.481 e. The average Bonchev–Trinajstić information content (AvgIpc) is 2.46. The van der Waals surface area contributed by atoms with Gasteiger partial charge in [-0.25, -0.2) is 0 Å². The van der Waals surface area contributed by atoms with E-state index in [1.165, 1.54) is 16.7 Å². The lowest BCUT2D eigenvalue weighted by atomic mass is 9.50. The van der Waals surface area contributed by atoms with Crippen molar-refractivity contribution >= 4 is 5.97 Å². The topological polar surface area (TPSA) is 37.3 Å². The number of aliphatic carboxylic acids is 1. The number of benzene rings is 1. The Balaban J connectivity index is 2.08. The highest BCUT2D eigenvalue weighted by molar-refractivity contribution is 5.75. The number of carboxylic acid groups (broad SMARTS) is 1. The Morgan fingerprint density at radius 2 is 2.00 bits per heavy atom. The quantitative estimate of drug-likeness (QED) is 0.843. The number of hydrogen-bond acceptors (Lipinski definition) is 1. The van der Waals surface area contributed by atoms with Gasteiger partial charge in [-0.3, -0.25) is 4.79 Å². The number of rotatable bonds is 2. The Morgan fingerprint density at radius 1 is 1.27 bits per heavy atom. The molecule has 0 spiro atoms. The maximum absolute atomic E-state index is 11.9. The van der Waals surface area contributed by atoms with E-state index in [0.717, 1.165) is 32.1 Å². The summed E-state index contributed by atoms with van der Waals surface area (Å²) in [5.74, 6) is 0.195. The molecular weight excluding hydrogens is 272 g/mol. The van der Waals surface area contributed by atoms with Gasteiger partial charge >= 0.3 is 5.97 Å². The van der Waals surface area contributed by atoms with Crippen LogP contribution in [0.4, 0.5) is 0 Å². The fraction of sp³-hybridized carbons (Fsp3) is 0.650. The zero-order valence-corrected chi connectivity index (χ0v) is 14.3. The summed E-state index contributed by atoms with van der Waals surface area (Å²) in [6, 6.07) is 6.92. The SMILES string of the molecule is CC(C)c1ccc2c(c1)CCC1[C@](C)(C(=O)O)CCC[C@]21C. The van der Waals surface area contributed by atoms with E-state index < -0.39 is 11.4 Å². The molecule has 0 bridgehead atoms. The summed E-state index contributed by atoms with van der Waals surface area (Å²) in [5, 5.41) is 9.82. The molecule has 3 rings (SSSR count). The molecular formula is C20H28O2. The standard InChI is InChI=1S/C20H28O2/c1-13(2)14-6-8-16-15(12-14)7-9-17-19(16,3)10-5-11-20(17,4)18(21)22/h6,8,12-13,17H,5,7,9-11H2,1-4H3,(H,21,22)/t17?,19-,20-/m1/s1. The molecule has 0 heterocycles. The van der Waals surface area contributed by atoms with Gasteiger partial charge in [-0.05, 0) is 66.5 Å². The molecule has 22 heavy (non-hydrogen) atoms. The van der Waals surface area contributed by atoms with Crippen LogP contribution in [0.3, 0.4) is 0 Å². The van der Waals surface area contributed by atoms with E-state index in [4.69, 9.17) is 0 Å². The minimum absolute atomic E-state index is 0.0223. The predicted octanol–water partition coefficient (Wildman–Crippen LogP) is 4.90. The second-order valence-corrected chi connectivity index (χ2v) is 8.16. The fourth-order valence-corrected chi connectivity index (χ4v) is 5.13. The molecule has 1 N–H and O–H groups in total. The van der Waals surface area contributed by atoms with Crippen molar-refractivity contribution in [1.82, 2.24) is 0 Å². The maximum Gasteiger partial charge on any atom is 0.309 e. The highest BCUT2D eigenvalue weighted by Gasteiger charge is 2.55. The van der Waals surface area contributed by atoms with Gasteiger partial charge in [-0.1, -0.05) is 45.4 Å². The van der Waals surface area contributed by atoms with Crippen LogP contribution in [-0.2, 0) is 16.6 Å². The van der Waals surface area contributed by atoms with Crippen LogP contribution < -0.4 is 0 Å². The molecule has 1 unspecified atom stereocenters. The molecule has 2 aliphatic rings. The lowest BCUT2D eigenvalue weighted by Gasteiger charge is -2.53. The van der Waals surface area contributed by atoms with Crippen LogP contribution in [0.5, 0.6) is 0 Å². The highest BCUT2D eigenvalue weighted by Crippen LogP contribution is 2.57. The predicted molar refractivity (Wildman–Crippen MR) is 89.3 cm³/mol. The fourth-order valence-electron chi connectivity index (χ4n) is 5.13. The molecule has 1 aromatic carbocycles. The molecule has 0 aromatic heterocycles. The second kappa shape index (κ2) is 5.11. The Labute approximate surface area is 133 Å². The Bertz CT molecular complexity index is 604. The van der Waals surface area contributed by atoms with Gasteiger partial charge in [0.25, 0.3) is 0 Å². The molecule has 1 fully saturated rings. The van der Waals surface area contributed by atoms with Gasteiger partial charge in [-0.2, -0.15) is 0 Å². The molecule has 0 aliphatic heterocycles. The third-order valence-electron chi connectivity index (χ3n) is 6.53. The number of hydrogen-bond donors (Lipinski definition) is 1. The third-order valence-corrected chi connectivity index (χ3v) is 6.53. The summed E-state index contributed by atoms with van der Waals surface area (Å²) in [6.07, 6.45) is 4.99. The minimum atomic E-state index is -0.606. The first-order valence-electron chi connectivity index (χ1n) is 8.66. The normalized spacial score (nSPS) is 34.1. The molecule has 120 valence electrons. The van der Waals surface area contributed by atoms with Gasteiger partial charge in [0, 0.05) is 0 Å². The van der Waals surface area contributed by atoms with Crippen LogP contribution in [0.1, 0.15) is 76.0 Å². The van der Waals surface area contributed by atoms with Crippen LogP contribution >= 0.6 is 0 Å². The summed E-state index contributed by atoms with van der Waals surface area (Å²) >= 11 is 0. The third kappa shape index (κ3) is 2.11. The second-order valence-electron chi connectivity index (χ2n) is 8.16. The van der Waals surface area contributed by atoms with E-state index in [-0.39, 0.29) is 11.3 Å². The molecule has 1 aromatic rings. The maximum atomic E-state index is 11.9. The lowest BCUT2D eigenvalue weighted by molar-refractivity contribution is -0.157. The summed E-state index contributed by atoms with van der Waals surface area (Å²) in [5.41, 5.74) is 3.73. The van der Waals surface area contributed by atoms with E-state index >= 15 is 0 Å². The molecule has 0 saturated heterocycles. The van der Waals surface area contributed by atoms with Crippen molar-refractivity contribution in [2.24, 2.45) is 11.3 Å². The van der Waals surface area contributed by atoms with Gasteiger partial charge in [0.15, 0.2) is 0 Å². The van der Waals surface area contributed by atoms with Gasteiger partial charge in [0.05, 0.1) is 5.41 Å². The number of carbonyl (C=O) groups is 1. The average molecular weight is 300 g/mol. The Kier molecular flexibility index (Phi) is 3.62. The van der Waals surface area contributed by atoms with Crippen molar-refractivity contribution in [2.75, 3.05) is 0 Å². The van der Waals surface area contributed by atoms with Crippen molar-refractivity contribution < 1.29 is 9.90 Å². The van der Waals surface area contributed by atoms with E-state index in [1.807, 2.05) is 6.92 Å². The van der Waals surface area contributed by atoms with E-state index in [2.05, 4.69) is 39.0 Å². The van der Waals surface area contributed by atoms with Crippen molar-refractivity contribution in [3.8, 4) is 0 Å². The first kappa shape index (κ1) is 15.6. The van der Waals surface area contributed by atoms with Gasteiger partial charge in [0.2, 0.25) is 0 Å². The molecule has 2 nitrogen and oxygen atoms in total. The zero-order chi connectivity index (χ0) is 16.1. The van der Waals surface area contributed by atoms with Crippen molar-refractivity contribution in [3.05, 3.63) is 34.9 Å². The molecule has 0 radical (unpaired) electrons. The van der Waals surface area contributed by atoms with E-state index in [0.29, 0.717) is 5.92 Å². The Hall–Kier alpha value is -1.31. The number of carboxylic acids is 1. The molecule has 2 aliphatic carbocycles. The molecule has 1 saturated carbocycles. The van der Waals surface area contributed by atoms with Crippen LogP contribution in [0.15, 0.2) is 18.2 Å². The van der Waals surface area contributed by atoms with Gasteiger partial charge < -0.3 is 5.11 Å². The first-order chi connectivity index (χ1) is 10.3. The van der Waals surface area contributed by atoms with Crippen LogP contribution in [0.25, 0.3) is 0 Å². The number of aryl methyl sites for hydroxylation is 1. The van der Waals surface area contributed by atoms with E-state index in [1.54, 1.807) is 0 Å². The highest BCUT2D eigenvalue weighted by atomic mass is 16.4. The summed E-state index contributed by atoms with van der Waals surface area (Å²) in [6.45, 7) is 8.75. The summed E-state index contributed by atoms with van der Waals surface area (Å²) in [4.78, 5) is 11.9. The van der Waals surface area contributed by atoms with Gasteiger partial charge in [0.1, 0.15) is 0 Å².